The average molecular weight is 569 g/mol. The van der Waals surface area contributed by atoms with E-state index in [4.69, 9.17) is 18.9 Å². The maximum atomic E-state index is 12.2. The SMILES string of the molecule is COc1c2cccc1Cc1cc(C(=O)O)cc(c1OC)Cc1cccc(c1OC)Cc1cc(C(=O)O)cc(c1OC)C2. The highest BCUT2D eigenvalue weighted by Gasteiger charge is 2.23. The van der Waals surface area contributed by atoms with Gasteiger partial charge in [0.25, 0.3) is 0 Å². The van der Waals surface area contributed by atoms with Gasteiger partial charge in [-0.1, -0.05) is 36.4 Å². The van der Waals surface area contributed by atoms with Gasteiger partial charge in [0.2, 0.25) is 0 Å². The van der Waals surface area contributed by atoms with Crippen LogP contribution in [-0.2, 0) is 25.7 Å². The van der Waals surface area contributed by atoms with Gasteiger partial charge in [-0.15, -0.1) is 0 Å². The van der Waals surface area contributed by atoms with E-state index in [2.05, 4.69) is 0 Å². The van der Waals surface area contributed by atoms with Crippen molar-refractivity contribution in [3.8, 4) is 23.0 Å². The van der Waals surface area contributed by atoms with Crippen LogP contribution < -0.4 is 18.9 Å². The molecule has 2 N–H and O–H groups in total. The predicted molar refractivity (Wildman–Crippen MR) is 157 cm³/mol. The van der Waals surface area contributed by atoms with Crippen molar-refractivity contribution in [3.63, 3.8) is 0 Å². The lowest BCUT2D eigenvalue weighted by Gasteiger charge is -2.21. The molecule has 0 saturated heterocycles. The zero-order valence-electron chi connectivity index (χ0n) is 23.9. The van der Waals surface area contributed by atoms with Crippen molar-refractivity contribution in [2.45, 2.75) is 25.7 Å². The van der Waals surface area contributed by atoms with E-state index < -0.39 is 11.9 Å². The third-order valence-electron chi connectivity index (χ3n) is 7.68. The van der Waals surface area contributed by atoms with Gasteiger partial charge in [0, 0.05) is 25.7 Å². The fourth-order valence-corrected chi connectivity index (χ4v) is 5.98. The number of carboxylic acid groups (broad SMARTS) is 2. The molecule has 1 aliphatic carbocycles. The van der Waals surface area contributed by atoms with Crippen LogP contribution in [0.5, 0.6) is 23.0 Å². The summed E-state index contributed by atoms with van der Waals surface area (Å²) in [6.07, 6.45) is 1.40. The van der Waals surface area contributed by atoms with Crippen LogP contribution in [-0.4, -0.2) is 50.6 Å². The lowest BCUT2D eigenvalue weighted by molar-refractivity contribution is 0.0686. The Kier molecular flexibility index (Phi) is 8.06. The van der Waals surface area contributed by atoms with E-state index in [1.807, 2.05) is 36.4 Å². The van der Waals surface area contributed by atoms with Gasteiger partial charge >= 0.3 is 11.9 Å². The summed E-state index contributed by atoms with van der Waals surface area (Å²) in [6, 6.07) is 18.1. The minimum absolute atomic E-state index is 0.160. The van der Waals surface area contributed by atoms with E-state index in [0.717, 1.165) is 22.3 Å². The van der Waals surface area contributed by atoms with E-state index in [9.17, 15) is 19.8 Å². The lowest BCUT2D eigenvalue weighted by atomic mass is 9.89. The summed E-state index contributed by atoms with van der Waals surface area (Å²) >= 11 is 0. The molecule has 1 aliphatic rings. The van der Waals surface area contributed by atoms with Crippen LogP contribution in [0.15, 0.2) is 60.7 Å². The van der Waals surface area contributed by atoms with Gasteiger partial charge in [-0.3, -0.25) is 0 Å². The Bertz CT molecular complexity index is 1470. The van der Waals surface area contributed by atoms with Crippen LogP contribution in [0.3, 0.4) is 0 Å². The molecule has 8 bridgehead atoms. The molecule has 0 heterocycles. The average Bonchev–Trinajstić information content (AvgIpc) is 2.96. The van der Waals surface area contributed by atoms with Gasteiger partial charge in [-0.05, 0) is 68.8 Å². The second kappa shape index (κ2) is 11.9. The van der Waals surface area contributed by atoms with Crippen molar-refractivity contribution < 1.29 is 38.7 Å². The Hall–Kier alpha value is -4.98. The van der Waals surface area contributed by atoms with E-state index >= 15 is 0 Å². The van der Waals surface area contributed by atoms with Crippen LogP contribution in [0.2, 0.25) is 0 Å². The van der Waals surface area contributed by atoms with Gasteiger partial charge in [0.05, 0.1) is 39.6 Å². The van der Waals surface area contributed by atoms with Crippen molar-refractivity contribution in [2.75, 3.05) is 28.4 Å². The molecule has 0 aliphatic heterocycles. The van der Waals surface area contributed by atoms with Crippen molar-refractivity contribution in [3.05, 3.63) is 116 Å². The van der Waals surface area contributed by atoms with Crippen molar-refractivity contribution in [1.82, 2.24) is 0 Å². The number of carboxylic acids is 2. The van der Waals surface area contributed by atoms with Gasteiger partial charge < -0.3 is 29.2 Å². The van der Waals surface area contributed by atoms with Gasteiger partial charge in [0.15, 0.2) is 0 Å². The number of methoxy groups -OCH3 is 4. The summed E-state index contributed by atoms with van der Waals surface area (Å²) in [4.78, 5) is 24.4. The number of hydrogen-bond acceptors (Lipinski definition) is 6. The molecule has 0 unspecified atom stereocenters. The maximum absolute atomic E-state index is 12.2. The highest BCUT2D eigenvalue weighted by Crippen LogP contribution is 2.39. The molecule has 4 aromatic carbocycles. The minimum atomic E-state index is -1.03. The number of carbonyl (C=O) groups is 2. The number of rotatable bonds is 6. The molecule has 0 aromatic heterocycles. The molecule has 4 aromatic rings. The van der Waals surface area contributed by atoms with Gasteiger partial charge in [0.1, 0.15) is 23.0 Å². The molecular formula is C34H32O8. The summed E-state index contributed by atoms with van der Waals surface area (Å²) in [6.45, 7) is 0. The largest absolute Gasteiger partial charge is 0.496 e. The Balaban J connectivity index is 1.84. The number of hydrogen-bond donors (Lipinski definition) is 2. The van der Waals surface area contributed by atoms with Crippen molar-refractivity contribution in [2.24, 2.45) is 0 Å². The van der Waals surface area contributed by atoms with Gasteiger partial charge in [-0.25, -0.2) is 9.59 Å². The topological polar surface area (TPSA) is 112 Å². The molecule has 0 spiro atoms. The van der Waals surface area contributed by atoms with Crippen LogP contribution in [0, 0.1) is 0 Å². The fourth-order valence-electron chi connectivity index (χ4n) is 5.98. The standard InChI is InChI=1S/C34H32O8/c1-39-29-19-7-5-8-20(29)12-24-16-28(34(37)38)18-26(32(24)42-4)14-22-10-6-9-21(30(22)40-2)13-25-17-27(33(35)36)15-23(11-19)31(25)41-3/h5-10,15-18H,11-14H2,1-4H3,(H,35,36)(H,37,38). The minimum Gasteiger partial charge on any atom is -0.496 e. The van der Waals surface area contributed by atoms with Crippen LogP contribution in [0.1, 0.15) is 65.2 Å². The summed E-state index contributed by atoms with van der Waals surface area (Å²) in [5.41, 5.74) is 6.49. The summed E-state index contributed by atoms with van der Waals surface area (Å²) in [5.74, 6) is 0.400. The van der Waals surface area contributed by atoms with Gasteiger partial charge in [-0.2, -0.15) is 0 Å². The summed E-state index contributed by atoms with van der Waals surface area (Å²) in [5, 5.41) is 19.9. The normalized spacial score (nSPS) is 12.3. The molecule has 0 fully saturated rings. The second-order valence-corrected chi connectivity index (χ2v) is 10.2. The Labute approximate surface area is 244 Å². The Morgan fingerprint density at radius 3 is 0.929 bits per heavy atom. The molecule has 0 atom stereocenters. The smallest absolute Gasteiger partial charge is 0.335 e. The first-order valence-electron chi connectivity index (χ1n) is 13.4. The quantitative estimate of drug-likeness (QED) is 0.265. The Morgan fingerprint density at radius 2 is 0.714 bits per heavy atom. The lowest BCUT2D eigenvalue weighted by Crippen LogP contribution is -2.09. The first kappa shape index (κ1) is 28.5. The Morgan fingerprint density at radius 1 is 0.476 bits per heavy atom. The number of ether oxygens (including phenoxy) is 4. The molecule has 0 amide bonds. The third kappa shape index (κ3) is 5.35. The van der Waals surface area contributed by atoms with E-state index in [1.54, 1.807) is 52.7 Å². The number of aromatic carboxylic acids is 2. The van der Waals surface area contributed by atoms with Crippen molar-refractivity contribution >= 4 is 11.9 Å². The van der Waals surface area contributed by atoms with Crippen LogP contribution in [0.25, 0.3) is 0 Å². The highest BCUT2D eigenvalue weighted by atomic mass is 16.5. The zero-order chi connectivity index (χ0) is 30.0. The zero-order valence-corrected chi connectivity index (χ0v) is 23.9. The van der Waals surface area contributed by atoms with E-state index in [1.165, 1.54) is 0 Å². The van der Waals surface area contributed by atoms with Crippen LogP contribution >= 0.6 is 0 Å². The third-order valence-corrected chi connectivity index (χ3v) is 7.68. The monoisotopic (exact) mass is 568 g/mol. The molecule has 0 radical (unpaired) electrons. The molecule has 42 heavy (non-hydrogen) atoms. The van der Waals surface area contributed by atoms with Crippen molar-refractivity contribution in [1.29, 1.82) is 0 Å². The molecule has 216 valence electrons. The summed E-state index contributed by atoms with van der Waals surface area (Å²) in [7, 11) is 6.35. The molecule has 5 rings (SSSR count). The van der Waals surface area contributed by atoms with Crippen LogP contribution in [0.4, 0.5) is 0 Å². The molecule has 0 saturated carbocycles. The van der Waals surface area contributed by atoms with E-state index in [0.29, 0.717) is 70.9 Å². The number of para-hydroxylation sites is 2. The first-order chi connectivity index (χ1) is 20.3. The highest BCUT2D eigenvalue weighted by molar-refractivity contribution is 5.89. The predicted octanol–water partition coefficient (Wildman–Crippen LogP) is 5.79. The molecule has 8 heteroatoms. The summed E-state index contributed by atoms with van der Waals surface area (Å²) < 4.78 is 23.6. The number of benzene rings is 4. The van der Waals surface area contributed by atoms with E-state index in [-0.39, 0.29) is 11.1 Å². The second-order valence-electron chi connectivity index (χ2n) is 10.2. The fraction of sp³-hybridized carbons (Fsp3) is 0.235. The molecular weight excluding hydrogens is 536 g/mol. The molecule has 8 nitrogen and oxygen atoms in total. The number of fused-ring (bicyclic) bond motifs is 8. The first-order valence-corrected chi connectivity index (χ1v) is 13.4. The maximum Gasteiger partial charge on any atom is 0.335 e.